The lowest BCUT2D eigenvalue weighted by Crippen LogP contribution is -2.27. The molecule has 0 N–H and O–H groups in total. The van der Waals surface area contributed by atoms with Gasteiger partial charge in [-0.15, -0.1) is 0 Å². The van der Waals surface area contributed by atoms with Crippen LogP contribution < -0.4 is 0 Å². The van der Waals surface area contributed by atoms with Crippen molar-refractivity contribution in [3.63, 3.8) is 0 Å². The van der Waals surface area contributed by atoms with Gasteiger partial charge in [-0.1, -0.05) is 35.5 Å². The second-order valence-electron chi connectivity index (χ2n) is 3.90. The Morgan fingerprint density at radius 2 is 2.06 bits per heavy atom. The van der Waals surface area contributed by atoms with Crippen molar-refractivity contribution >= 4 is 5.91 Å². The Morgan fingerprint density at radius 1 is 1.29 bits per heavy atom. The number of hydrogen-bond acceptors (Lipinski definition) is 3. The first-order valence-electron chi connectivity index (χ1n) is 5.43. The predicted octanol–water partition coefficient (Wildman–Crippen LogP) is 1.88. The quantitative estimate of drug-likeness (QED) is 0.805. The van der Waals surface area contributed by atoms with E-state index in [1.807, 2.05) is 30.3 Å². The smallest absolute Gasteiger partial charge is 0.228 e. The maximum Gasteiger partial charge on any atom is 0.228 e. The monoisotopic (exact) mass is 230 g/mol. The fraction of sp³-hybridized carbons (Fsp3) is 0.231. The van der Waals surface area contributed by atoms with Crippen LogP contribution >= 0.6 is 0 Å². The molecule has 4 heteroatoms. The lowest BCUT2D eigenvalue weighted by molar-refractivity contribution is -0.129. The minimum absolute atomic E-state index is 0.0303. The van der Waals surface area contributed by atoms with Gasteiger partial charge >= 0.3 is 0 Å². The first-order valence-corrected chi connectivity index (χ1v) is 5.43. The van der Waals surface area contributed by atoms with Gasteiger partial charge in [0.15, 0.2) is 0 Å². The van der Waals surface area contributed by atoms with Gasteiger partial charge in [0.05, 0.1) is 12.1 Å². The standard InChI is InChI=1S/C13H14N2O2/c1-15(10-11-5-3-2-4-6-11)13(16)9-12-7-8-17-14-12/h2-8H,9-10H2,1H3. The zero-order valence-electron chi connectivity index (χ0n) is 9.67. The maximum absolute atomic E-state index is 11.9. The minimum Gasteiger partial charge on any atom is -0.364 e. The molecule has 0 spiro atoms. The van der Waals surface area contributed by atoms with E-state index in [4.69, 9.17) is 4.52 Å². The molecule has 1 aromatic carbocycles. The number of likely N-dealkylation sites (N-methyl/N-ethyl adjacent to an activating group) is 1. The number of amides is 1. The molecule has 88 valence electrons. The summed E-state index contributed by atoms with van der Waals surface area (Å²) in [7, 11) is 1.79. The molecule has 0 fully saturated rings. The van der Waals surface area contributed by atoms with Crippen LogP contribution in [0.25, 0.3) is 0 Å². The molecule has 1 heterocycles. The number of nitrogens with zero attached hydrogens (tertiary/aromatic N) is 2. The summed E-state index contributed by atoms with van der Waals surface area (Å²) in [5, 5.41) is 3.72. The Morgan fingerprint density at radius 3 is 2.71 bits per heavy atom. The highest BCUT2D eigenvalue weighted by Gasteiger charge is 2.11. The van der Waals surface area contributed by atoms with Crippen LogP contribution in [-0.2, 0) is 17.8 Å². The molecule has 0 unspecified atom stereocenters. The Balaban J connectivity index is 1.92. The van der Waals surface area contributed by atoms with Crippen molar-refractivity contribution in [2.75, 3.05) is 7.05 Å². The van der Waals surface area contributed by atoms with Crippen molar-refractivity contribution in [1.82, 2.24) is 10.1 Å². The minimum atomic E-state index is 0.0303. The number of rotatable bonds is 4. The highest BCUT2D eigenvalue weighted by Crippen LogP contribution is 2.05. The summed E-state index contributed by atoms with van der Waals surface area (Å²) in [6.07, 6.45) is 1.75. The van der Waals surface area contributed by atoms with Gasteiger partial charge in [0.25, 0.3) is 0 Å². The molecule has 0 bridgehead atoms. The van der Waals surface area contributed by atoms with E-state index >= 15 is 0 Å². The molecule has 4 nitrogen and oxygen atoms in total. The molecule has 0 aliphatic heterocycles. The Hall–Kier alpha value is -2.10. The summed E-state index contributed by atoms with van der Waals surface area (Å²) in [5.41, 5.74) is 1.78. The third-order valence-electron chi connectivity index (χ3n) is 2.51. The van der Waals surface area contributed by atoms with E-state index in [-0.39, 0.29) is 12.3 Å². The van der Waals surface area contributed by atoms with Crippen molar-refractivity contribution in [1.29, 1.82) is 0 Å². The third-order valence-corrected chi connectivity index (χ3v) is 2.51. The average Bonchev–Trinajstić information content (AvgIpc) is 2.83. The van der Waals surface area contributed by atoms with Crippen LogP contribution in [0.2, 0.25) is 0 Å². The Labute approximate surface area is 99.8 Å². The first-order chi connectivity index (χ1) is 8.25. The Kier molecular flexibility index (Phi) is 3.55. The molecule has 0 saturated heterocycles. The van der Waals surface area contributed by atoms with Crippen molar-refractivity contribution in [3.05, 3.63) is 53.9 Å². The average molecular weight is 230 g/mol. The highest BCUT2D eigenvalue weighted by molar-refractivity contribution is 5.77. The van der Waals surface area contributed by atoms with Gasteiger partial charge in [-0.2, -0.15) is 0 Å². The molecule has 0 saturated carbocycles. The maximum atomic E-state index is 11.9. The summed E-state index contributed by atoms with van der Waals surface area (Å²) in [4.78, 5) is 13.5. The highest BCUT2D eigenvalue weighted by atomic mass is 16.5. The number of carbonyl (C=O) groups is 1. The zero-order chi connectivity index (χ0) is 12.1. The molecule has 1 amide bonds. The van der Waals surface area contributed by atoms with E-state index in [1.54, 1.807) is 18.0 Å². The largest absolute Gasteiger partial charge is 0.364 e. The van der Waals surface area contributed by atoms with Crippen LogP contribution in [0, 0.1) is 0 Å². The van der Waals surface area contributed by atoms with Crippen molar-refractivity contribution in [2.45, 2.75) is 13.0 Å². The number of aromatic nitrogens is 1. The summed E-state index contributed by atoms with van der Waals surface area (Å²) in [6, 6.07) is 11.6. The number of benzene rings is 1. The van der Waals surface area contributed by atoms with E-state index < -0.39 is 0 Å². The van der Waals surface area contributed by atoms with Gasteiger partial charge in [-0.25, -0.2) is 0 Å². The second-order valence-corrected chi connectivity index (χ2v) is 3.90. The summed E-state index contributed by atoms with van der Waals surface area (Å²) < 4.78 is 4.69. The van der Waals surface area contributed by atoms with E-state index in [2.05, 4.69) is 5.16 Å². The van der Waals surface area contributed by atoms with Gasteiger partial charge in [0, 0.05) is 19.7 Å². The van der Waals surface area contributed by atoms with Gasteiger partial charge in [0.2, 0.25) is 5.91 Å². The van der Waals surface area contributed by atoms with Crippen molar-refractivity contribution in [3.8, 4) is 0 Å². The van der Waals surface area contributed by atoms with Crippen LogP contribution in [-0.4, -0.2) is 23.0 Å². The molecule has 2 aromatic rings. The first kappa shape index (κ1) is 11.4. The summed E-state index contributed by atoms with van der Waals surface area (Å²) >= 11 is 0. The van der Waals surface area contributed by atoms with Crippen LogP contribution in [0.1, 0.15) is 11.3 Å². The van der Waals surface area contributed by atoms with Gasteiger partial charge < -0.3 is 9.42 Å². The van der Waals surface area contributed by atoms with E-state index in [1.165, 1.54) is 6.26 Å². The summed E-state index contributed by atoms with van der Waals surface area (Å²) in [6.45, 7) is 0.609. The molecular weight excluding hydrogens is 216 g/mol. The van der Waals surface area contributed by atoms with E-state index in [0.717, 1.165) is 5.56 Å². The topological polar surface area (TPSA) is 46.3 Å². The normalized spacial score (nSPS) is 10.2. The van der Waals surface area contributed by atoms with Crippen molar-refractivity contribution in [2.24, 2.45) is 0 Å². The van der Waals surface area contributed by atoms with Gasteiger partial charge in [0.1, 0.15) is 6.26 Å². The van der Waals surface area contributed by atoms with Crippen molar-refractivity contribution < 1.29 is 9.32 Å². The molecule has 17 heavy (non-hydrogen) atoms. The van der Waals surface area contributed by atoms with Crippen LogP contribution in [0.5, 0.6) is 0 Å². The SMILES string of the molecule is CN(Cc1ccccc1)C(=O)Cc1ccon1. The lowest BCUT2D eigenvalue weighted by atomic mass is 10.2. The van der Waals surface area contributed by atoms with Crippen LogP contribution in [0.3, 0.4) is 0 Å². The molecular formula is C13H14N2O2. The lowest BCUT2D eigenvalue weighted by Gasteiger charge is -2.16. The van der Waals surface area contributed by atoms with E-state index in [0.29, 0.717) is 12.2 Å². The third kappa shape index (κ3) is 3.17. The van der Waals surface area contributed by atoms with Gasteiger partial charge in [-0.05, 0) is 5.56 Å². The predicted molar refractivity (Wildman–Crippen MR) is 63.1 cm³/mol. The molecule has 1 aromatic heterocycles. The Bertz CT molecular complexity index is 465. The van der Waals surface area contributed by atoms with Crippen LogP contribution in [0.15, 0.2) is 47.2 Å². The van der Waals surface area contributed by atoms with Gasteiger partial charge in [-0.3, -0.25) is 4.79 Å². The van der Waals surface area contributed by atoms with E-state index in [9.17, 15) is 4.79 Å². The summed E-state index contributed by atoms with van der Waals surface area (Å²) in [5.74, 6) is 0.0303. The van der Waals surface area contributed by atoms with Crippen LogP contribution in [0.4, 0.5) is 0 Å². The molecule has 2 rings (SSSR count). The number of hydrogen-bond donors (Lipinski definition) is 0. The molecule has 0 aliphatic carbocycles. The zero-order valence-corrected chi connectivity index (χ0v) is 9.67. The number of carbonyl (C=O) groups excluding carboxylic acids is 1. The fourth-order valence-corrected chi connectivity index (χ4v) is 1.56. The molecule has 0 radical (unpaired) electrons. The fourth-order valence-electron chi connectivity index (χ4n) is 1.56. The molecule has 0 aliphatic rings. The molecule has 0 atom stereocenters. The second kappa shape index (κ2) is 5.30.